The molecular formula is C11H15BrClN. The average Bonchev–Trinajstić information content (AvgIpc) is 2.07. The van der Waals surface area contributed by atoms with Crippen molar-refractivity contribution in [1.29, 1.82) is 0 Å². The van der Waals surface area contributed by atoms with Gasteiger partial charge in [-0.3, -0.25) is 0 Å². The van der Waals surface area contributed by atoms with Crippen LogP contribution in [0.2, 0.25) is 5.02 Å². The zero-order valence-corrected chi connectivity index (χ0v) is 11.0. The van der Waals surface area contributed by atoms with Crippen molar-refractivity contribution in [2.45, 2.75) is 26.8 Å². The molecule has 0 spiro atoms. The van der Waals surface area contributed by atoms with Crippen molar-refractivity contribution in [3.63, 3.8) is 0 Å². The summed E-state index contributed by atoms with van der Waals surface area (Å²) in [6.45, 7) is 6.38. The second-order valence-electron chi connectivity index (χ2n) is 4.52. The smallest absolute Gasteiger partial charge is 0.0548 e. The van der Waals surface area contributed by atoms with Gasteiger partial charge >= 0.3 is 0 Å². The molecule has 2 N–H and O–H groups in total. The lowest BCUT2D eigenvalue weighted by Crippen LogP contribution is -2.26. The van der Waals surface area contributed by atoms with Crippen LogP contribution in [-0.4, -0.2) is 0 Å². The molecule has 0 bridgehead atoms. The normalized spacial score (nSPS) is 14.1. The standard InChI is InChI=1S/C11H15BrClN/c1-11(2,3)10(14)7-4-5-9(13)8(12)6-7/h4-6,10H,14H2,1-3H3/t10-/m0/s1. The Morgan fingerprint density at radius 3 is 2.36 bits per heavy atom. The van der Waals surface area contributed by atoms with E-state index in [-0.39, 0.29) is 11.5 Å². The van der Waals surface area contributed by atoms with E-state index in [4.69, 9.17) is 17.3 Å². The molecule has 78 valence electrons. The Hall–Kier alpha value is -0.0500. The van der Waals surface area contributed by atoms with Gasteiger partial charge in [-0.2, -0.15) is 0 Å². The van der Waals surface area contributed by atoms with E-state index in [0.29, 0.717) is 0 Å². The molecule has 1 aromatic carbocycles. The molecule has 0 heterocycles. The fraction of sp³-hybridized carbons (Fsp3) is 0.455. The van der Waals surface area contributed by atoms with Gasteiger partial charge in [0, 0.05) is 10.5 Å². The van der Waals surface area contributed by atoms with Crippen LogP contribution >= 0.6 is 27.5 Å². The maximum atomic E-state index is 6.13. The molecule has 0 aliphatic heterocycles. The maximum absolute atomic E-state index is 6.13. The molecule has 3 heteroatoms. The van der Waals surface area contributed by atoms with Crippen molar-refractivity contribution in [2.75, 3.05) is 0 Å². The molecular weight excluding hydrogens is 261 g/mol. The Morgan fingerprint density at radius 1 is 1.36 bits per heavy atom. The minimum absolute atomic E-state index is 0.0241. The number of hydrogen-bond donors (Lipinski definition) is 1. The Balaban J connectivity index is 3.03. The molecule has 0 unspecified atom stereocenters. The number of benzene rings is 1. The summed E-state index contributed by atoms with van der Waals surface area (Å²) < 4.78 is 0.899. The second-order valence-corrected chi connectivity index (χ2v) is 5.78. The highest BCUT2D eigenvalue weighted by atomic mass is 79.9. The molecule has 14 heavy (non-hydrogen) atoms. The van der Waals surface area contributed by atoms with Crippen LogP contribution in [0.3, 0.4) is 0 Å². The Morgan fingerprint density at radius 2 is 1.93 bits per heavy atom. The molecule has 0 aromatic heterocycles. The predicted molar refractivity (Wildman–Crippen MR) is 65.5 cm³/mol. The zero-order valence-electron chi connectivity index (χ0n) is 8.64. The number of nitrogens with two attached hydrogens (primary N) is 1. The fourth-order valence-corrected chi connectivity index (χ4v) is 1.72. The van der Waals surface area contributed by atoms with Crippen molar-refractivity contribution in [3.8, 4) is 0 Å². The maximum Gasteiger partial charge on any atom is 0.0548 e. The molecule has 1 nitrogen and oxygen atoms in total. The van der Waals surface area contributed by atoms with Crippen LogP contribution in [0.1, 0.15) is 32.4 Å². The van der Waals surface area contributed by atoms with E-state index >= 15 is 0 Å². The van der Waals surface area contributed by atoms with E-state index in [1.807, 2.05) is 18.2 Å². The van der Waals surface area contributed by atoms with Crippen molar-refractivity contribution in [2.24, 2.45) is 11.1 Å². The Bertz CT molecular complexity index is 331. The fourth-order valence-electron chi connectivity index (χ4n) is 1.21. The van der Waals surface area contributed by atoms with Gasteiger partial charge in [-0.25, -0.2) is 0 Å². The minimum Gasteiger partial charge on any atom is -0.324 e. The summed E-state index contributed by atoms with van der Waals surface area (Å²) in [6, 6.07) is 5.85. The van der Waals surface area contributed by atoms with Crippen LogP contribution in [0.25, 0.3) is 0 Å². The van der Waals surface area contributed by atoms with Crippen molar-refractivity contribution >= 4 is 27.5 Å². The number of halogens is 2. The predicted octanol–water partition coefficient (Wildman–Crippen LogP) is 4.15. The lowest BCUT2D eigenvalue weighted by atomic mass is 9.83. The summed E-state index contributed by atoms with van der Waals surface area (Å²) in [6.07, 6.45) is 0. The van der Waals surface area contributed by atoms with Gasteiger partial charge in [0.1, 0.15) is 0 Å². The third-order valence-corrected chi connectivity index (χ3v) is 3.45. The van der Waals surface area contributed by atoms with E-state index in [0.717, 1.165) is 15.1 Å². The van der Waals surface area contributed by atoms with Crippen LogP contribution < -0.4 is 5.73 Å². The van der Waals surface area contributed by atoms with E-state index in [1.54, 1.807) is 0 Å². The summed E-state index contributed by atoms with van der Waals surface area (Å²) in [5, 5.41) is 0.717. The molecule has 0 saturated heterocycles. The largest absolute Gasteiger partial charge is 0.324 e. The average molecular weight is 277 g/mol. The third-order valence-electron chi connectivity index (χ3n) is 2.24. The Labute approximate surface area is 98.8 Å². The van der Waals surface area contributed by atoms with Gasteiger partial charge in [-0.05, 0) is 39.0 Å². The van der Waals surface area contributed by atoms with Gasteiger partial charge in [0.2, 0.25) is 0 Å². The van der Waals surface area contributed by atoms with E-state index < -0.39 is 0 Å². The van der Waals surface area contributed by atoms with Gasteiger partial charge in [-0.1, -0.05) is 38.4 Å². The summed E-state index contributed by atoms with van der Waals surface area (Å²) in [4.78, 5) is 0. The van der Waals surface area contributed by atoms with Crippen LogP contribution in [0.5, 0.6) is 0 Å². The van der Waals surface area contributed by atoms with E-state index in [2.05, 4.69) is 36.7 Å². The van der Waals surface area contributed by atoms with E-state index in [9.17, 15) is 0 Å². The lowest BCUT2D eigenvalue weighted by Gasteiger charge is -2.27. The first kappa shape index (κ1) is 12.0. The summed E-state index contributed by atoms with van der Waals surface area (Å²) in [5.41, 5.74) is 7.30. The van der Waals surface area contributed by atoms with Crippen LogP contribution in [0, 0.1) is 5.41 Å². The van der Waals surface area contributed by atoms with Crippen LogP contribution in [0.4, 0.5) is 0 Å². The van der Waals surface area contributed by atoms with Gasteiger partial charge in [0.05, 0.1) is 5.02 Å². The first-order chi connectivity index (χ1) is 6.32. The van der Waals surface area contributed by atoms with Crippen LogP contribution in [0.15, 0.2) is 22.7 Å². The highest BCUT2D eigenvalue weighted by molar-refractivity contribution is 9.10. The SMILES string of the molecule is CC(C)(C)[C@@H](N)c1ccc(Cl)c(Br)c1. The molecule has 1 rings (SSSR count). The lowest BCUT2D eigenvalue weighted by molar-refractivity contribution is 0.327. The number of rotatable bonds is 1. The molecule has 0 aliphatic carbocycles. The van der Waals surface area contributed by atoms with Gasteiger partial charge in [-0.15, -0.1) is 0 Å². The van der Waals surface area contributed by atoms with Crippen molar-refractivity contribution < 1.29 is 0 Å². The second kappa shape index (κ2) is 4.21. The third kappa shape index (κ3) is 2.72. The van der Waals surface area contributed by atoms with Gasteiger partial charge in [0.15, 0.2) is 0 Å². The molecule has 0 radical (unpaired) electrons. The Kier molecular flexibility index (Phi) is 3.62. The summed E-state index contributed by atoms with van der Waals surface area (Å²) in [7, 11) is 0. The van der Waals surface area contributed by atoms with Crippen molar-refractivity contribution in [1.82, 2.24) is 0 Å². The minimum atomic E-state index is 0.0241. The quantitative estimate of drug-likeness (QED) is 0.819. The van der Waals surface area contributed by atoms with Crippen LogP contribution in [-0.2, 0) is 0 Å². The van der Waals surface area contributed by atoms with Crippen molar-refractivity contribution in [3.05, 3.63) is 33.3 Å². The summed E-state index contributed by atoms with van der Waals surface area (Å²) in [5.74, 6) is 0. The molecule has 0 aliphatic rings. The molecule has 0 saturated carbocycles. The number of hydrogen-bond acceptors (Lipinski definition) is 1. The first-order valence-corrected chi connectivity index (χ1v) is 5.70. The summed E-state index contributed by atoms with van der Waals surface area (Å²) >= 11 is 9.31. The first-order valence-electron chi connectivity index (χ1n) is 4.53. The monoisotopic (exact) mass is 275 g/mol. The highest BCUT2D eigenvalue weighted by Crippen LogP contribution is 2.33. The van der Waals surface area contributed by atoms with Gasteiger partial charge in [0.25, 0.3) is 0 Å². The highest BCUT2D eigenvalue weighted by Gasteiger charge is 2.22. The molecule has 1 aromatic rings. The molecule has 0 amide bonds. The molecule has 0 fully saturated rings. The zero-order chi connectivity index (χ0) is 10.9. The topological polar surface area (TPSA) is 26.0 Å². The molecule has 1 atom stereocenters. The van der Waals surface area contributed by atoms with E-state index in [1.165, 1.54) is 0 Å². The van der Waals surface area contributed by atoms with Gasteiger partial charge < -0.3 is 5.73 Å².